The molecule has 0 unspecified atom stereocenters. The molecule has 35 heavy (non-hydrogen) atoms. The van der Waals surface area contributed by atoms with Crippen molar-refractivity contribution in [2.75, 3.05) is 52.0 Å². The number of pyridine rings is 1. The van der Waals surface area contributed by atoms with Crippen LogP contribution in [0.2, 0.25) is 0 Å². The number of non-ortho nitro benzene ring substituents is 1. The van der Waals surface area contributed by atoms with Crippen LogP contribution in [0.4, 0.5) is 11.5 Å². The zero-order valence-corrected chi connectivity index (χ0v) is 20.5. The second kappa shape index (κ2) is 11.1. The summed E-state index contributed by atoms with van der Waals surface area (Å²) in [7, 11) is 3.20. The van der Waals surface area contributed by atoms with E-state index in [2.05, 4.69) is 38.8 Å². The van der Waals surface area contributed by atoms with Gasteiger partial charge in [-0.1, -0.05) is 0 Å². The Hall–Kier alpha value is -3.12. The fraction of sp³-hybridized carbons (Fsp3) is 0.500. The minimum Gasteiger partial charge on any atom is -0.375 e. The van der Waals surface area contributed by atoms with Gasteiger partial charge in [0.2, 0.25) is 0 Å². The smallest absolute Gasteiger partial charge is 0.270 e. The van der Waals surface area contributed by atoms with Gasteiger partial charge in [-0.2, -0.15) is 5.10 Å². The molecule has 0 amide bonds. The Labute approximate surface area is 204 Å². The van der Waals surface area contributed by atoms with E-state index in [0.29, 0.717) is 36.4 Å². The van der Waals surface area contributed by atoms with E-state index in [4.69, 9.17) is 14.2 Å². The number of nitrogens with one attached hydrogen (secondary N) is 1. The molecule has 1 aliphatic rings. The maximum atomic E-state index is 11.2. The molecule has 0 aliphatic carbocycles. The van der Waals surface area contributed by atoms with Crippen LogP contribution in [0.25, 0.3) is 22.2 Å². The number of hydrogen-bond donors (Lipinski definition) is 1. The summed E-state index contributed by atoms with van der Waals surface area (Å²) < 4.78 is 16.1. The van der Waals surface area contributed by atoms with Crippen LogP contribution in [-0.4, -0.2) is 90.4 Å². The number of piperazine rings is 1. The van der Waals surface area contributed by atoms with E-state index < -0.39 is 4.92 Å². The third-order valence-corrected chi connectivity index (χ3v) is 6.48. The van der Waals surface area contributed by atoms with Gasteiger partial charge in [-0.3, -0.25) is 20.1 Å². The molecule has 3 heterocycles. The molecule has 4 rings (SSSR count). The first-order chi connectivity index (χ1) is 16.9. The number of aromatic amines is 1. The Morgan fingerprint density at radius 2 is 1.91 bits per heavy atom. The first-order valence-corrected chi connectivity index (χ1v) is 11.6. The number of ether oxygens (including phenoxy) is 3. The summed E-state index contributed by atoms with van der Waals surface area (Å²) >= 11 is 0. The van der Waals surface area contributed by atoms with Crippen LogP contribution >= 0.6 is 0 Å². The molecule has 1 N–H and O–H groups in total. The molecule has 1 aromatic carbocycles. The second-order valence-electron chi connectivity index (χ2n) is 8.78. The lowest BCUT2D eigenvalue weighted by Crippen LogP contribution is -2.57. The summed E-state index contributed by atoms with van der Waals surface area (Å²) in [4.78, 5) is 20.2. The Kier molecular flexibility index (Phi) is 7.91. The number of nitro benzene ring substituents is 1. The Morgan fingerprint density at radius 1 is 1.17 bits per heavy atom. The van der Waals surface area contributed by atoms with Gasteiger partial charge in [0.15, 0.2) is 6.29 Å². The van der Waals surface area contributed by atoms with E-state index in [0.717, 1.165) is 36.5 Å². The van der Waals surface area contributed by atoms with Crippen molar-refractivity contribution in [3.05, 3.63) is 46.6 Å². The number of nitro groups is 1. The third-order valence-electron chi connectivity index (χ3n) is 6.48. The molecule has 0 bridgehead atoms. The van der Waals surface area contributed by atoms with Crippen LogP contribution in [0.1, 0.15) is 13.8 Å². The predicted molar refractivity (Wildman–Crippen MR) is 132 cm³/mol. The van der Waals surface area contributed by atoms with Crippen molar-refractivity contribution in [3.63, 3.8) is 0 Å². The number of rotatable bonds is 10. The molecule has 188 valence electrons. The highest BCUT2D eigenvalue weighted by atomic mass is 16.7. The molecular weight excluding hydrogens is 452 g/mol. The van der Waals surface area contributed by atoms with E-state index in [1.54, 1.807) is 32.5 Å². The number of nitrogens with zero attached hydrogens (tertiary/aromatic N) is 5. The molecule has 11 heteroatoms. The molecular formula is C24H32N6O5. The van der Waals surface area contributed by atoms with Gasteiger partial charge >= 0.3 is 0 Å². The van der Waals surface area contributed by atoms with Gasteiger partial charge < -0.3 is 19.1 Å². The van der Waals surface area contributed by atoms with Crippen molar-refractivity contribution in [2.45, 2.75) is 32.2 Å². The number of aromatic nitrogens is 3. The van der Waals surface area contributed by atoms with Gasteiger partial charge in [0.25, 0.3) is 5.69 Å². The Balaban J connectivity index is 1.45. The highest BCUT2D eigenvalue weighted by Gasteiger charge is 2.30. The van der Waals surface area contributed by atoms with Crippen LogP contribution < -0.4 is 4.90 Å². The number of methoxy groups -OCH3 is 2. The Morgan fingerprint density at radius 3 is 2.60 bits per heavy atom. The van der Waals surface area contributed by atoms with Crippen molar-refractivity contribution in [1.29, 1.82) is 0 Å². The summed E-state index contributed by atoms with van der Waals surface area (Å²) in [5, 5.41) is 19.3. The average molecular weight is 485 g/mol. The van der Waals surface area contributed by atoms with Gasteiger partial charge in [0.05, 0.1) is 23.7 Å². The van der Waals surface area contributed by atoms with Crippen LogP contribution in [0.15, 0.2) is 36.5 Å². The van der Waals surface area contributed by atoms with E-state index >= 15 is 0 Å². The molecule has 0 radical (unpaired) electrons. The molecule has 11 nitrogen and oxygen atoms in total. The summed E-state index contributed by atoms with van der Waals surface area (Å²) in [5.41, 5.74) is 2.33. The monoisotopic (exact) mass is 484 g/mol. The fourth-order valence-electron chi connectivity index (χ4n) is 4.64. The summed E-state index contributed by atoms with van der Waals surface area (Å²) in [6.45, 7) is 7.89. The maximum absolute atomic E-state index is 11.2. The average Bonchev–Trinajstić information content (AvgIpc) is 3.29. The van der Waals surface area contributed by atoms with Crippen LogP contribution in [0.3, 0.4) is 0 Å². The van der Waals surface area contributed by atoms with Crippen molar-refractivity contribution in [1.82, 2.24) is 20.1 Å². The largest absolute Gasteiger partial charge is 0.375 e. The van der Waals surface area contributed by atoms with E-state index in [9.17, 15) is 10.1 Å². The number of benzene rings is 1. The lowest BCUT2D eigenvalue weighted by Gasteiger charge is -2.45. The van der Waals surface area contributed by atoms with Crippen molar-refractivity contribution in [3.8, 4) is 11.3 Å². The zero-order valence-electron chi connectivity index (χ0n) is 20.5. The second-order valence-corrected chi connectivity index (χ2v) is 8.78. The highest BCUT2D eigenvalue weighted by molar-refractivity contribution is 5.94. The normalized spacial score (nSPS) is 19.1. The quantitative estimate of drug-likeness (QED) is 0.200. The summed E-state index contributed by atoms with van der Waals surface area (Å²) in [6.07, 6.45) is 1.41. The minimum atomic E-state index is -0.394. The number of fused-ring (bicyclic) bond motifs is 1. The van der Waals surface area contributed by atoms with Gasteiger partial charge in [0, 0.05) is 75.2 Å². The number of anilines is 1. The van der Waals surface area contributed by atoms with Crippen LogP contribution in [0, 0.1) is 10.1 Å². The maximum Gasteiger partial charge on any atom is 0.270 e. The van der Waals surface area contributed by atoms with Crippen LogP contribution in [0.5, 0.6) is 0 Å². The summed E-state index contributed by atoms with van der Waals surface area (Å²) in [5.74, 6) is 0.863. The van der Waals surface area contributed by atoms with E-state index in [-0.39, 0.29) is 12.0 Å². The lowest BCUT2D eigenvalue weighted by molar-refractivity contribution is -0.384. The molecule has 2 aromatic heterocycles. The van der Waals surface area contributed by atoms with Gasteiger partial charge in [-0.15, -0.1) is 0 Å². The standard InChI is InChI=1S/C24H32N6O5/c1-16-13-28(14-17(2)29(16)9-10-35-15-23(33-3)34-4)22-11-18(7-8-25-22)24-20-12-19(30(31)32)5-6-21(20)26-27-24/h5-8,11-12,16-17,23H,9-10,13-15H2,1-4H3,(H,26,27)/t16-,17+. The first-order valence-electron chi connectivity index (χ1n) is 11.6. The van der Waals surface area contributed by atoms with Gasteiger partial charge in [-0.05, 0) is 32.0 Å². The molecule has 1 saturated heterocycles. The first kappa shape index (κ1) is 25.0. The fourth-order valence-corrected chi connectivity index (χ4v) is 4.64. The minimum absolute atomic E-state index is 0.0390. The van der Waals surface area contributed by atoms with E-state index in [1.807, 2.05) is 12.1 Å². The molecule has 0 saturated carbocycles. The number of hydrogen-bond acceptors (Lipinski definition) is 9. The molecule has 1 fully saturated rings. The lowest BCUT2D eigenvalue weighted by atomic mass is 10.1. The van der Waals surface area contributed by atoms with Crippen molar-refractivity contribution >= 4 is 22.4 Å². The third kappa shape index (κ3) is 5.59. The SMILES string of the molecule is COC(COCCN1[C@H](C)CN(c2cc(-c3n[nH]c4ccc([N+](=O)[O-])cc34)ccn2)C[C@@H]1C)OC. The highest BCUT2D eigenvalue weighted by Crippen LogP contribution is 2.31. The number of H-pyrrole nitrogens is 1. The molecule has 2 atom stereocenters. The topological polar surface area (TPSA) is 119 Å². The summed E-state index contributed by atoms with van der Waals surface area (Å²) in [6, 6.07) is 9.21. The van der Waals surface area contributed by atoms with Crippen LogP contribution in [-0.2, 0) is 14.2 Å². The molecule has 0 spiro atoms. The molecule has 3 aromatic rings. The van der Waals surface area contributed by atoms with Crippen molar-refractivity contribution in [2.24, 2.45) is 0 Å². The van der Waals surface area contributed by atoms with Crippen molar-refractivity contribution < 1.29 is 19.1 Å². The predicted octanol–water partition coefficient (Wildman–Crippen LogP) is 3.07. The van der Waals surface area contributed by atoms with Gasteiger partial charge in [-0.25, -0.2) is 4.98 Å². The van der Waals surface area contributed by atoms with E-state index in [1.165, 1.54) is 6.07 Å². The van der Waals surface area contributed by atoms with Gasteiger partial charge in [0.1, 0.15) is 11.5 Å². The molecule has 1 aliphatic heterocycles. The zero-order chi connectivity index (χ0) is 24.9. The Bertz CT molecular complexity index is 1140.